The van der Waals surface area contributed by atoms with Crippen LogP contribution in [0.25, 0.3) is 0 Å². The third kappa shape index (κ3) is 8.15. The van der Waals surface area contributed by atoms with Gasteiger partial charge in [0.15, 0.2) is 0 Å². The number of halogens is 1. The first-order valence-electron chi connectivity index (χ1n) is 5.71. The number of hydrogen-bond donors (Lipinski definition) is 3. The molecule has 0 heterocycles. The van der Waals surface area contributed by atoms with E-state index in [1.807, 2.05) is 0 Å². The van der Waals surface area contributed by atoms with Crippen molar-refractivity contribution in [2.24, 2.45) is 5.92 Å². The molecule has 6 nitrogen and oxygen atoms in total. The highest BCUT2D eigenvalue weighted by Crippen LogP contribution is 1.94. The Balaban J connectivity index is 4.35. The fourth-order valence-corrected chi connectivity index (χ4v) is 1.48. The van der Waals surface area contributed by atoms with Crippen molar-refractivity contribution in [3.05, 3.63) is 23.2 Å². The van der Waals surface area contributed by atoms with Gasteiger partial charge in [-0.1, -0.05) is 22.0 Å². The molecule has 0 saturated carbocycles. The summed E-state index contributed by atoms with van der Waals surface area (Å²) in [6.07, 6.45) is 4.26. The molecule has 0 aliphatic carbocycles. The molecule has 0 fully saturated rings. The molecule has 0 aromatic carbocycles. The topological polar surface area (TPSA) is 87.3 Å². The molecule has 0 aliphatic heterocycles. The summed E-state index contributed by atoms with van der Waals surface area (Å²) in [4.78, 5) is 35.5. The molecule has 1 atom stereocenters. The van der Waals surface area contributed by atoms with Crippen molar-refractivity contribution in [3.8, 4) is 0 Å². The average molecular weight is 332 g/mol. The Morgan fingerprint density at radius 2 is 1.63 bits per heavy atom. The Hall–Kier alpha value is -1.63. The van der Waals surface area contributed by atoms with E-state index in [0.29, 0.717) is 0 Å². The van der Waals surface area contributed by atoms with Gasteiger partial charge in [-0.2, -0.15) is 0 Å². The van der Waals surface area contributed by atoms with Crippen LogP contribution in [-0.2, 0) is 14.4 Å². The molecule has 0 bridgehead atoms. The van der Waals surface area contributed by atoms with Crippen LogP contribution >= 0.6 is 15.9 Å². The van der Waals surface area contributed by atoms with E-state index < -0.39 is 5.92 Å². The fourth-order valence-electron chi connectivity index (χ4n) is 1.24. The van der Waals surface area contributed by atoms with Gasteiger partial charge in [0.05, 0.1) is 5.92 Å². The molecule has 1 unspecified atom stereocenters. The lowest BCUT2D eigenvalue weighted by Crippen LogP contribution is -2.43. The van der Waals surface area contributed by atoms with Gasteiger partial charge in [-0.3, -0.25) is 14.4 Å². The second-order valence-electron chi connectivity index (χ2n) is 3.59. The van der Waals surface area contributed by atoms with Crippen LogP contribution in [-0.4, -0.2) is 37.9 Å². The maximum Gasteiger partial charge on any atom is 0.244 e. The van der Waals surface area contributed by atoms with Crippen LogP contribution in [0, 0.1) is 5.92 Å². The number of allylic oxidation sites excluding steroid dienone is 1. The van der Waals surface area contributed by atoms with Crippen molar-refractivity contribution in [2.45, 2.75) is 6.92 Å². The number of carbonyl (C=O) groups excluding carboxylic acids is 3. The first-order chi connectivity index (χ1) is 9.04. The van der Waals surface area contributed by atoms with E-state index in [2.05, 4.69) is 31.9 Å². The second kappa shape index (κ2) is 10.3. The van der Waals surface area contributed by atoms with Crippen LogP contribution in [0.5, 0.6) is 0 Å². The second-order valence-corrected chi connectivity index (χ2v) is 4.12. The van der Waals surface area contributed by atoms with Gasteiger partial charge in [0.1, 0.15) is 0 Å². The minimum Gasteiger partial charge on any atom is -0.359 e. The smallest absolute Gasteiger partial charge is 0.244 e. The Kier molecular flexibility index (Phi) is 9.42. The minimum atomic E-state index is -0.521. The van der Waals surface area contributed by atoms with Gasteiger partial charge in [0.2, 0.25) is 17.7 Å². The average Bonchev–Trinajstić information content (AvgIpc) is 2.38. The van der Waals surface area contributed by atoms with E-state index in [0.717, 1.165) is 0 Å². The van der Waals surface area contributed by atoms with E-state index in [4.69, 9.17) is 0 Å². The molecule has 19 heavy (non-hydrogen) atoms. The zero-order chi connectivity index (χ0) is 14.7. The van der Waals surface area contributed by atoms with Crippen LogP contribution in [0.3, 0.4) is 0 Å². The van der Waals surface area contributed by atoms with Crippen LogP contribution < -0.4 is 16.0 Å². The van der Waals surface area contributed by atoms with Gasteiger partial charge in [0.25, 0.3) is 0 Å². The quantitative estimate of drug-likeness (QED) is 0.577. The van der Waals surface area contributed by atoms with Crippen molar-refractivity contribution in [2.75, 3.05) is 20.1 Å². The van der Waals surface area contributed by atoms with Crippen LogP contribution in [0.4, 0.5) is 0 Å². The minimum absolute atomic E-state index is 0.145. The van der Waals surface area contributed by atoms with Gasteiger partial charge in [-0.25, -0.2) is 0 Å². The monoisotopic (exact) mass is 331 g/mol. The first-order valence-corrected chi connectivity index (χ1v) is 6.63. The third-order valence-electron chi connectivity index (χ3n) is 2.19. The predicted octanol–water partition coefficient (Wildman–Crippen LogP) is 0.0657. The SMILES string of the molecule is C/C=C/C(=O)NCC(CNC(=O)/C=C/Br)C(=O)NC. The van der Waals surface area contributed by atoms with Crippen LogP contribution in [0.1, 0.15) is 6.92 Å². The third-order valence-corrected chi connectivity index (χ3v) is 2.46. The van der Waals surface area contributed by atoms with E-state index >= 15 is 0 Å². The van der Waals surface area contributed by atoms with Gasteiger partial charge < -0.3 is 16.0 Å². The van der Waals surface area contributed by atoms with E-state index in [9.17, 15) is 14.4 Å². The summed E-state index contributed by atoms with van der Waals surface area (Å²) >= 11 is 2.98. The maximum absolute atomic E-state index is 11.6. The van der Waals surface area contributed by atoms with Crippen LogP contribution in [0.2, 0.25) is 0 Å². The standard InChI is InChI=1S/C12H18BrN3O3/c1-3-4-10(17)15-7-9(12(19)14-2)8-16-11(18)5-6-13/h3-6,9H,7-8H2,1-2H3,(H,14,19)(H,15,17)(H,16,18)/b4-3+,6-5+. The van der Waals surface area contributed by atoms with E-state index in [1.165, 1.54) is 24.2 Å². The van der Waals surface area contributed by atoms with Gasteiger partial charge in [-0.05, 0) is 18.0 Å². The number of amides is 3. The Bertz CT molecular complexity index is 352. The lowest BCUT2D eigenvalue weighted by molar-refractivity contribution is -0.124. The van der Waals surface area contributed by atoms with Gasteiger partial charge in [-0.15, -0.1) is 0 Å². The highest BCUT2D eigenvalue weighted by molar-refractivity contribution is 9.11. The van der Waals surface area contributed by atoms with Crippen LogP contribution in [0.15, 0.2) is 23.2 Å². The molecule has 3 N–H and O–H groups in total. The molecule has 0 saturated heterocycles. The molecule has 3 amide bonds. The highest BCUT2D eigenvalue weighted by atomic mass is 79.9. The summed E-state index contributed by atoms with van der Waals surface area (Å²) in [6.45, 7) is 2.02. The molecule has 106 valence electrons. The fraction of sp³-hybridized carbons (Fsp3) is 0.417. The lowest BCUT2D eigenvalue weighted by atomic mass is 10.1. The van der Waals surface area contributed by atoms with Crippen molar-refractivity contribution in [1.29, 1.82) is 0 Å². The molecule has 0 spiro atoms. The molecule has 7 heteroatoms. The van der Waals surface area contributed by atoms with Gasteiger partial charge >= 0.3 is 0 Å². The summed E-state index contributed by atoms with van der Waals surface area (Å²) in [7, 11) is 1.50. The Morgan fingerprint density at radius 1 is 1.11 bits per heavy atom. The van der Waals surface area contributed by atoms with Gasteiger partial charge in [0, 0.05) is 26.2 Å². The van der Waals surface area contributed by atoms with Crippen molar-refractivity contribution >= 4 is 33.7 Å². The molecule has 0 aromatic rings. The zero-order valence-corrected chi connectivity index (χ0v) is 12.5. The summed E-state index contributed by atoms with van der Waals surface area (Å²) in [5, 5.41) is 7.65. The largest absolute Gasteiger partial charge is 0.359 e. The maximum atomic E-state index is 11.6. The highest BCUT2D eigenvalue weighted by Gasteiger charge is 2.18. The summed E-state index contributed by atoms with van der Waals surface area (Å²) in [6, 6.07) is 0. The molecular weight excluding hydrogens is 314 g/mol. The van der Waals surface area contributed by atoms with Crippen molar-refractivity contribution in [3.63, 3.8) is 0 Å². The summed E-state index contributed by atoms with van der Waals surface area (Å²) < 4.78 is 0. The number of nitrogens with one attached hydrogen (secondary N) is 3. The number of carbonyl (C=O) groups is 3. The van der Waals surface area contributed by atoms with E-state index in [1.54, 1.807) is 13.0 Å². The predicted molar refractivity (Wildman–Crippen MR) is 76.5 cm³/mol. The molecule has 0 rings (SSSR count). The molecule has 0 aliphatic rings. The Morgan fingerprint density at radius 3 is 2.05 bits per heavy atom. The molecule has 0 radical (unpaired) electrons. The zero-order valence-electron chi connectivity index (χ0n) is 10.9. The number of hydrogen-bond acceptors (Lipinski definition) is 3. The summed E-state index contributed by atoms with van der Waals surface area (Å²) in [5.74, 6) is -1.36. The first kappa shape index (κ1) is 17.4. The lowest BCUT2D eigenvalue weighted by Gasteiger charge is -2.15. The molecule has 0 aromatic heterocycles. The summed E-state index contributed by atoms with van der Waals surface area (Å²) in [5.41, 5.74) is 0. The number of rotatable bonds is 7. The normalized spacial score (nSPS) is 12.4. The van der Waals surface area contributed by atoms with Crippen molar-refractivity contribution in [1.82, 2.24) is 16.0 Å². The van der Waals surface area contributed by atoms with Crippen molar-refractivity contribution < 1.29 is 14.4 Å². The van der Waals surface area contributed by atoms with E-state index in [-0.39, 0.29) is 30.8 Å². The molecular formula is C12H18BrN3O3. The Labute approximate surface area is 120 Å².